The number of carbonyl (C=O) groups is 1. The SMILES string of the molecule is CC1CC(CC(=O)O)c2ccccc2O1. The van der Waals surface area contributed by atoms with E-state index in [1.165, 1.54) is 0 Å². The van der Waals surface area contributed by atoms with Crippen molar-refractivity contribution in [2.24, 2.45) is 0 Å². The third-order valence-electron chi connectivity index (χ3n) is 2.72. The van der Waals surface area contributed by atoms with Crippen LogP contribution in [0.25, 0.3) is 0 Å². The molecule has 0 saturated carbocycles. The fourth-order valence-corrected chi connectivity index (χ4v) is 2.12. The maximum Gasteiger partial charge on any atom is 0.303 e. The van der Waals surface area contributed by atoms with Gasteiger partial charge in [0.25, 0.3) is 0 Å². The van der Waals surface area contributed by atoms with Crippen molar-refractivity contribution in [1.82, 2.24) is 0 Å². The lowest BCUT2D eigenvalue weighted by atomic mass is 9.88. The van der Waals surface area contributed by atoms with Gasteiger partial charge in [0.1, 0.15) is 5.75 Å². The number of aliphatic carboxylic acids is 1. The highest BCUT2D eigenvalue weighted by atomic mass is 16.5. The van der Waals surface area contributed by atoms with Gasteiger partial charge in [0, 0.05) is 5.92 Å². The van der Waals surface area contributed by atoms with E-state index < -0.39 is 5.97 Å². The summed E-state index contributed by atoms with van der Waals surface area (Å²) in [6, 6.07) is 7.69. The lowest BCUT2D eigenvalue weighted by molar-refractivity contribution is -0.137. The molecule has 1 aromatic rings. The second-order valence-electron chi connectivity index (χ2n) is 4.00. The van der Waals surface area contributed by atoms with E-state index in [4.69, 9.17) is 9.84 Å². The maximum absolute atomic E-state index is 10.7. The summed E-state index contributed by atoms with van der Waals surface area (Å²) < 4.78 is 5.65. The Labute approximate surface area is 88.7 Å². The van der Waals surface area contributed by atoms with E-state index in [2.05, 4.69) is 0 Å². The fraction of sp³-hybridized carbons (Fsp3) is 0.417. The molecule has 0 aromatic heterocycles. The molecule has 1 aliphatic heterocycles. The van der Waals surface area contributed by atoms with E-state index in [1.54, 1.807) is 0 Å². The van der Waals surface area contributed by atoms with Crippen LogP contribution in [0, 0.1) is 0 Å². The Kier molecular flexibility index (Phi) is 2.62. The second kappa shape index (κ2) is 3.93. The van der Waals surface area contributed by atoms with Crippen molar-refractivity contribution >= 4 is 5.97 Å². The van der Waals surface area contributed by atoms with Gasteiger partial charge in [-0.25, -0.2) is 0 Å². The van der Waals surface area contributed by atoms with Gasteiger partial charge in [0.05, 0.1) is 12.5 Å². The first-order chi connectivity index (χ1) is 7.16. The van der Waals surface area contributed by atoms with Crippen LogP contribution in [0.1, 0.15) is 31.2 Å². The van der Waals surface area contributed by atoms with Crippen molar-refractivity contribution in [3.63, 3.8) is 0 Å². The zero-order chi connectivity index (χ0) is 10.8. The van der Waals surface area contributed by atoms with Crippen LogP contribution in [-0.2, 0) is 4.79 Å². The van der Waals surface area contributed by atoms with Gasteiger partial charge in [-0.1, -0.05) is 18.2 Å². The predicted molar refractivity (Wildman–Crippen MR) is 56.1 cm³/mol. The van der Waals surface area contributed by atoms with E-state index in [-0.39, 0.29) is 18.4 Å². The first kappa shape index (κ1) is 10.0. The van der Waals surface area contributed by atoms with E-state index >= 15 is 0 Å². The summed E-state index contributed by atoms with van der Waals surface area (Å²) >= 11 is 0. The normalized spacial score (nSPS) is 24.1. The minimum atomic E-state index is -0.746. The first-order valence-electron chi connectivity index (χ1n) is 5.14. The lowest BCUT2D eigenvalue weighted by Gasteiger charge is -2.29. The molecule has 0 radical (unpaired) electrons. The van der Waals surface area contributed by atoms with E-state index in [9.17, 15) is 4.79 Å². The van der Waals surface area contributed by atoms with Crippen LogP contribution in [0.5, 0.6) is 5.75 Å². The summed E-state index contributed by atoms with van der Waals surface area (Å²) in [4.78, 5) is 10.7. The molecule has 0 aliphatic carbocycles. The van der Waals surface area contributed by atoms with Crippen molar-refractivity contribution in [2.45, 2.75) is 31.8 Å². The largest absolute Gasteiger partial charge is 0.490 e. The Morgan fingerprint density at radius 1 is 1.53 bits per heavy atom. The number of para-hydroxylation sites is 1. The fourth-order valence-electron chi connectivity index (χ4n) is 2.12. The van der Waals surface area contributed by atoms with Crippen LogP contribution in [0.4, 0.5) is 0 Å². The summed E-state index contributed by atoms with van der Waals surface area (Å²) in [6.07, 6.45) is 1.07. The summed E-state index contributed by atoms with van der Waals surface area (Å²) in [5.41, 5.74) is 1.03. The molecular formula is C12H14O3. The number of hydrogen-bond acceptors (Lipinski definition) is 2. The van der Waals surface area contributed by atoms with Crippen molar-refractivity contribution in [3.05, 3.63) is 29.8 Å². The van der Waals surface area contributed by atoms with Crippen LogP contribution >= 0.6 is 0 Å². The highest BCUT2D eigenvalue weighted by molar-refractivity contribution is 5.68. The Balaban J connectivity index is 2.29. The maximum atomic E-state index is 10.7. The number of carboxylic acids is 1. The molecule has 2 rings (SSSR count). The molecule has 3 nitrogen and oxygen atoms in total. The molecule has 1 N–H and O–H groups in total. The summed E-state index contributed by atoms with van der Waals surface area (Å²) in [5.74, 6) is 0.175. The van der Waals surface area contributed by atoms with Gasteiger partial charge in [0.2, 0.25) is 0 Å². The molecule has 0 amide bonds. The third-order valence-corrected chi connectivity index (χ3v) is 2.72. The number of ether oxygens (including phenoxy) is 1. The van der Waals surface area contributed by atoms with Gasteiger partial charge >= 0.3 is 5.97 Å². The molecule has 2 unspecified atom stereocenters. The first-order valence-corrected chi connectivity index (χ1v) is 5.14. The molecule has 2 atom stereocenters. The minimum Gasteiger partial charge on any atom is -0.490 e. The van der Waals surface area contributed by atoms with Crippen molar-refractivity contribution in [1.29, 1.82) is 0 Å². The summed E-state index contributed by atoms with van der Waals surface area (Å²) in [7, 11) is 0. The van der Waals surface area contributed by atoms with Gasteiger partial charge in [0.15, 0.2) is 0 Å². The predicted octanol–water partition coefficient (Wildman–Crippen LogP) is 2.42. The van der Waals surface area contributed by atoms with Crippen LogP contribution < -0.4 is 4.74 Å². The molecule has 15 heavy (non-hydrogen) atoms. The molecule has 0 bridgehead atoms. The molecule has 1 heterocycles. The zero-order valence-electron chi connectivity index (χ0n) is 8.64. The van der Waals surface area contributed by atoms with Crippen LogP contribution in [0.3, 0.4) is 0 Å². The molecule has 1 aromatic carbocycles. The van der Waals surface area contributed by atoms with E-state index in [0.717, 1.165) is 17.7 Å². The van der Waals surface area contributed by atoms with E-state index in [0.29, 0.717) is 0 Å². The smallest absolute Gasteiger partial charge is 0.303 e. The summed E-state index contributed by atoms with van der Waals surface area (Å²) in [5, 5.41) is 8.84. The molecule has 3 heteroatoms. The molecule has 0 spiro atoms. The van der Waals surface area contributed by atoms with Crippen molar-refractivity contribution in [3.8, 4) is 5.75 Å². The van der Waals surface area contributed by atoms with Gasteiger partial charge in [-0.3, -0.25) is 4.79 Å². The van der Waals surface area contributed by atoms with Gasteiger partial charge in [-0.2, -0.15) is 0 Å². The number of benzene rings is 1. The van der Waals surface area contributed by atoms with Crippen LogP contribution in [-0.4, -0.2) is 17.2 Å². The van der Waals surface area contributed by atoms with Crippen molar-refractivity contribution in [2.75, 3.05) is 0 Å². The molecule has 0 fully saturated rings. The topological polar surface area (TPSA) is 46.5 Å². The standard InChI is InChI=1S/C12H14O3/c1-8-6-9(7-12(13)14)10-4-2-3-5-11(10)15-8/h2-5,8-9H,6-7H2,1H3,(H,13,14). The van der Waals surface area contributed by atoms with Gasteiger partial charge < -0.3 is 9.84 Å². The molecule has 1 aliphatic rings. The number of rotatable bonds is 2. The van der Waals surface area contributed by atoms with E-state index in [1.807, 2.05) is 31.2 Å². The average Bonchev–Trinajstić information content (AvgIpc) is 2.16. The van der Waals surface area contributed by atoms with Gasteiger partial charge in [-0.05, 0) is 25.0 Å². The minimum absolute atomic E-state index is 0.0856. The highest BCUT2D eigenvalue weighted by Crippen LogP contribution is 2.37. The molecule has 80 valence electrons. The quantitative estimate of drug-likeness (QED) is 0.808. The Hall–Kier alpha value is -1.51. The second-order valence-corrected chi connectivity index (χ2v) is 4.00. The monoisotopic (exact) mass is 206 g/mol. The average molecular weight is 206 g/mol. The number of fused-ring (bicyclic) bond motifs is 1. The summed E-state index contributed by atoms with van der Waals surface area (Å²) in [6.45, 7) is 1.98. The van der Waals surface area contributed by atoms with Crippen molar-refractivity contribution < 1.29 is 14.6 Å². The number of hydrogen-bond donors (Lipinski definition) is 1. The van der Waals surface area contributed by atoms with Crippen LogP contribution in [0.15, 0.2) is 24.3 Å². The number of carboxylic acid groups (broad SMARTS) is 1. The highest BCUT2D eigenvalue weighted by Gasteiger charge is 2.26. The Bertz CT molecular complexity index is 373. The molecular weight excluding hydrogens is 192 g/mol. The van der Waals surface area contributed by atoms with Gasteiger partial charge in [-0.15, -0.1) is 0 Å². The third kappa shape index (κ3) is 2.12. The zero-order valence-corrected chi connectivity index (χ0v) is 8.64. The van der Waals surface area contributed by atoms with Crippen LogP contribution in [0.2, 0.25) is 0 Å². The molecule has 0 saturated heterocycles. The lowest BCUT2D eigenvalue weighted by Crippen LogP contribution is -2.24. The Morgan fingerprint density at radius 3 is 3.00 bits per heavy atom. The Morgan fingerprint density at radius 2 is 2.27 bits per heavy atom.